The second-order valence-electron chi connectivity index (χ2n) is 5.84. The number of nitrogens with two attached hydrogens (primary N) is 1. The Bertz CT molecular complexity index is 528. The number of benzene rings is 1. The molecule has 1 aliphatic rings. The molecule has 0 saturated heterocycles. The number of nitrogen functional groups attached to an aromatic ring is 1. The molecule has 2 unspecified atom stereocenters. The van der Waals surface area contributed by atoms with Crippen LogP contribution in [0.2, 0.25) is 0 Å². The Morgan fingerprint density at radius 3 is 2.45 bits per heavy atom. The molecule has 6 heteroatoms. The van der Waals surface area contributed by atoms with Gasteiger partial charge in [-0.15, -0.1) is 0 Å². The van der Waals surface area contributed by atoms with Gasteiger partial charge in [-0.2, -0.15) is 13.2 Å². The van der Waals surface area contributed by atoms with E-state index >= 15 is 0 Å². The highest BCUT2D eigenvalue weighted by molar-refractivity contribution is 5.61. The normalized spacial score (nSPS) is 26.6. The summed E-state index contributed by atoms with van der Waals surface area (Å²) in [4.78, 5) is 0. The molecule has 0 aromatic heterocycles. The fraction of sp³-hybridized carbons (Fsp3) is 0.571. The van der Waals surface area contributed by atoms with Crippen LogP contribution in [0.5, 0.6) is 5.75 Å². The van der Waals surface area contributed by atoms with E-state index in [0.29, 0.717) is 11.1 Å². The minimum absolute atomic E-state index is 0.145. The molecule has 0 amide bonds. The van der Waals surface area contributed by atoms with Crippen molar-refractivity contribution in [2.45, 2.75) is 44.4 Å². The van der Waals surface area contributed by atoms with Gasteiger partial charge in [-0.05, 0) is 29.9 Å². The summed E-state index contributed by atoms with van der Waals surface area (Å²) in [5.41, 5.74) is 3.76. The van der Waals surface area contributed by atoms with Crippen molar-refractivity contribution in [1.29, 1.82) is 0 Å². The van der Waals surface area contributed by atoms with Gasteiger partial charge in [0.25, 0.3) is 0 Å². The highest BCUT2D eigenvalue weighted by Gasteiger charge is 2.57. The van der Waals surface area contributed by atoms with E-state index < -0.39 is 30.5 Å². The van der Waals surface area contributed by atoms with Gasteiger partial charge in [0.05, 0.1) is 5.69 Å². The van der Waals surface area contributed by atoms with Crippen LogP contribution in [0.15, 0.2) is 12.1 Å². The molecular weight excluding hydrogens is 271 g/mol. The number of rotatable bonds is 1. The minimum Gasteiger partial charge on any atom is -0.505 e. The summed E-state index contributed by atoms with van der Waals surface area (Å²) >= 11 is 0. The van der Waals surface area contributed by atoms with E-state index in [1.54, 1.807) is 13.8 Å². The zero-order valence-corrected chi connectivity index (χ0v) is 11.3. The van der Waals surface area contributed by atoms with Crippen LogP contribution < -0.4 is 5.73 Å². The van der Waals surface area contributed by atoms with Crippen molar-refractivity contribution in [3.8, 4) is 5.75 Å². The highest BCUT2D eigenvalue weighted by Crippen LogP contribution is 2.51. The Labute approximate surface area is 115 Å². The maximum absolute atomic E-state index is 13.1. The number of hydrogen-bond donors (Lipinski definition) is 3. The van der Waals surface area contributed by atoms with Crippen LogP contribution in [0.25, 0.3) is 0 Å². The van der Waals surface area contributed by atoms with Crippen molar-refractivity contribution >= 4 is 5.69 Å². The Morgan fingerprint density at radius 2 is 1.95 bits per heavy atom. The summed E-state index contributed by atoms with van der Waals surface area (Å²) in [5, 5.41) is 20.0. The number of aliphatic hydroxyl groups is 1. The van der Waals surface area contributed by atoms with E-state index in [1.807, 2.05) is 0 Å². The second kappa shape index (κ2) is 4.55. The molecule has 1 aromatic rings. The summed E-state index contributed by atoms with van der Waals surface area (Å²) in [6.07, 6.45) is -5.71. The van der Waals surface area contributed by atoms with Gasteiger partial charge in [-0.25, -0.2) is 0 Å². The zero-order chi connectivity index (χ0) is 15.3. The topological polar surface area (TPSA) is 66.5 Å². The molecule has 0 bridgehead atoms. The third-order valence-electron chi connectivity index (χ3n) is 4.08. The average Bonchev–Trinajstić information content (AvgIpc) is 2.31. The summed E-state index contributed by atoms with van der Waals surface area (Å²) in [6.45, 7) is 3.53. The molecule has 0 spiro atoms. The van der Waals surface area contributed by atoms with Gasteiger partial charge in [0.15, 0.2) is 5.60 Å². The van der Waals surface area contributed by atoms with Crippen LogP contribution in [0, 0.1) is 5.92 Å². The summed E-state index contributed by atoms with van der Waals surface area (Å²) in [6, 6.07) is 2.82. The van der Waals surface area contributed by atoms with Crippen LogP contribution in [-0.2, 0) is 6.42 Å². The molecular formula is C14H18F3NO2. The van der Waals surface area contributed by atoms with Crippen molar-refractivity contribution < 1.29 is 23.4 Å². The number of fused-ring (bicyclic) bond motifs is 1. The first-order chi connectivity index (χ1) is 9.07. The molecule has 0 saturated carbocycles. The quantitative estimate of drug-likeness (QED) is 0.550. The van der Waals surface area contributed by atoms with Gasteiger partial charge in [0.1, 0.15) is 5.75 Å². The number of phenols is 1. The van der Waals surface area contributed by atoms with E-state index in [4.69, 9.17) is 5.73 Å². The van der Waals surface area contributed by atoms with E-state index in [1.165, 1.54) is 12.1 Å². The Hall–Kier alpha value is -1.43. The van der Waals surface area contributed by atoms with Gasteiger partial charge in [-0.3, -0.25) is 0 Å². The van der Waals surface area contributed by atoms with Crippen LogP contribution >= 0.6 is 0 Å². The maximum atomic E-state index is 13.1. The van der Waals surface area contributed by atoms with Gasteiger partial charge in [0, 0.05) is 12.0 Å². The lowest BCUT2D eigenvalue weighted by atomic mass is 9.69. The van der Waals surface area contributed by atoms with E-state index in [9.17, 15) is 23.4 Å². The Kier molecular flexibility index (Phi) is 3.40. The molecule has 3 nitrogen and oxygen atoms in total. The molecule has 0 radical (unpaired) electrons. The van der Waals surface area contributed by atoms with Crippen LogP contribution in [0.1, 0.15) is 37.3 Å². The van der Waals surface area contributed by atoms with Gasteiger partial charge >= 0.3 is 6.18 Å². The molecule has 0 fully saturated rings. The molecule has 112 valence electrons. The summed E-state index contributed by atoms with van der Waals surface area (Å²) in [5.74, 6) is -0.907. The predicted octanol–water partition coefficient (Wildman–Crippen LogP) is 2.95. The van der Waals surface area contributed by atoms with Gasteiger partial charge in [0.2, 0.25) is 0 Å². The number of anilines is 1. The molecule has 4 N–H and O–H groups in total. The first-order valence-electron chi connectivity index (χ1n) is 6.46. The molecule has 0 aliphatic heterocycles. The number of phenolic OH excluding ortho intramolecular Hbond substituents is 1. The fourth-order valence-corrected chi connectivity index (χ4v) is 2.87. The summed E-state index contributed by atoms with van der Waals surface area (Å²) < 4.78 is 39.3. The zero-order valence-electron chi connectivity index (χ0n) is 11.3. The largest absolute Gasteiger partial charge is 0.505 e. The van der Waals surface area contributed by atoms with Crippen LogP contribution in [0.4, 0.5) is 18.9 Å². The SMILES string of the molecule is CC(C)C1CC(O)(C(F)(F)F)Cc2ccc(N)c(O)c21. The molecule has 0 heterocycles. The van der Waals surface area contributed by atoms with Crippen molar-refractivity contribution in [2.24, 2.45) is 5.92 Å². The number of aromatic hydroxyl groups is 1. The average molecular weight is 289 g/mol. The standard InChI is InChI=1S/C14H18F3NO2/c1-7(2)9-6-13(20,14(15,16)17)5-8-3-4-10(18)12(19)11(8)9/h3-4,7,9,19-20H,5-6,18H2,1-2H3. The third-order valence-corrected chi connectivity index (χ3v) is 4.08. The van der Waals surface area contributed by atoms with E-state index in [0.717, 1.165) is 0 Å². The molecule has 2 atom stereocenters. The van der Waals surface area contributed by atoms with Crippen LogP contribution in [-0.4, -0.2) is 22.0 Å². The van der Waals surface area contributed by atoms with Crippen molar-refractivity contribution in [3.05, 3.63) is 23.3 Å². The number of hydrogen-bond acceptors (Lipinski definition) is 3. The van der Waals surface area contributed by atoms with Gasteiger partial charge < -0.3 is 15.9 Å². The second-order valence-corrected chi connectivity index (χ2v) is 5.84. The lowest BCUT2D eigenvalue weighted by Gasteiger charge is -2.41. The highest BCUT2D eigenvalue weighted by atomic mass is 19.4. The van der Waals surface area contributed by atoms with Crippen molar-refractivity contribution in [2.75, 3.05) is 5.73 Å². The maximum Gasteiger partial charge on any atom is 0.417 e. The molecule has 1 aromatic carbocycles. The first-order valence-corrected chi connectivity index (χ1v) is 6.46. The Balaban J connectivity index is 2.59. The predicted molar refractivity (Wildman–Crippen MR) is 69.4 cm³/mol. The first kappa shape index (κ1) is 15.0. The lowest BCUT2D eigenvalue weighted by Crippen LogP contribution is -2.51. The molecule has 2 rings (SSSR count). The molecule has 1 aliphatic carbocycles. The van der Waals surface area contributed by atoms with Crippen molar-refractivity contribution in [3.63, 3.8) is 0 Å². The molecule has 20 heavy (non-hydrogen) atoms. The number of alkyl halides is 3. The van der Waals surface area contributed by atoms with Crippen molar-refractivity contribution in [1.82, 2.24) is 0 Å². The fourth-order valence-electron chi connectivity index (χ4n) is 2.87. The smallest absolute Gasteiger partial charge is 0.417 e. The number of halogens is 3. The lowest BCUT2D eigenvalue weighted by molar-refractivity contribution is -0.266. The minimum atomic E-state index is -4.70. The van der Waals surface area contributed by atoms with E-state index in [2.05, 4.69) is 0 Å². The monoisotopic (exact) mass is 289 g/mol. The van der Waals surface area contributed by atoms with Crippen LogP contribution in [0.3, 0.4) is 0 Å². The Morgan fingerprint density at radius 1 is 1.35 bits per heavy atom. The van der Waals surface area contributed by atoms with Gasteiger partial charge in [-0.1, -0.05) is 19.9 Å². The van der Waals surface area contributed by atoms with E-state index in [-0.39, 0.29) is 17.4 Å². The third kappa shape index (κ3) is 2.22. The summed E-state index contributed by atoms with van der Waals surface area (Å²) in [7, 11) is 0.